The molecule has 0 bridgehead atoms. The van der Waals surface area contributed by atoms with Crippen LogP contribution in [0.1, 0.15) is 55.6 Å². The number of hydrogen-bond acceptors (Lipinski definition) is 4. The lowest BCUT2D eigenvalue weighted by molar-refractivity contribution is -0.142. The number of amides is 1. The van der Waals surface area contributed by atoms with E-state index in [2.05, 4.69) is 15.2 Å². The van der Waals surface area contributed by atoms with Gasteiger partial charge in [-0.1, -0.05) is 13.8 Å². The van der Waals surface area contributed by atoms with Gasteiger partial charge in [-0.2, -0.15) is 23.4 Å². The van der Waals surface area contributed by atoms with Crippen LogP contribution in [0.15, 0.2) is 30.6 Å². The van der Waals surface area contributed by atoms with Gasteiger partial charge in [0.05, 0.1) is 5.69 Å². The summed E-state index contributed by atoms with van der Waals surface area (Å²) in [7, 11) is 0. The van der Waals surface area contributed by atoms with Gasteiger partial charge < -0.3 is 4.90 Å². The second-order valence-electron chi connectivity index (χ2n) is 7.92. The molecule has 1 fully saturated rings. The van der Waals surface area contributed by atoms with Crippen LogP contribution >= 0.6 is 0 Å². The molecule has 0 unspecified atom stereocenters. The van der Waals surface area contributed by atoms with Crippen LogP contribution < -0.4 is 0 Å². The maximum atomic E-state index is 13.6. The molecule has 1 aliphatic rings. The van der Waals surface area contributed by atoms with Gasteiger partial charge in [0.25, 0.3) is 0 Å². The minimum atomic E-state index is -4.52. The minimum absolute atomic E-state index is 0.0102. The predicted molar refractivity (Wildman–Crippen MR) is 103 cm³/mol. The van der Waals surface area contributed by atoms with E-state index in [9.17, 15) is 18.0 Å². The van der Waals surface area contributed by atoms with E-state index in [1.54, 1.807) is 34.1 Å². The number of rotatable bonds is 4. The fourth-order valence-corrected chi connectivity index (χ4v) is 3.77. The van der Waals surface area contributed by atoms with Crippen molar-refractivity contribution in [2.24, 2.45) is 0 Å². The fourth-order valence-electron chi connectivity index (χ4n) is 3.77. The molecular weight excluding hydrogens is 397 g/mol. The quantitative estimate of drug-likeness (QED) is 0.648. The van der Waals surface area contributed by atoms with Crippen LogP contribution in [-0.4, -0.2) is 48.3 Å². The molecule has 4 heterocycles. The molecule has 1 aliphatic heterocycles. The summed E-state index contributed by atoms with van der Waals surface area (Å²) in [6.45, 7) is 4.88. The van der Waals surface area contributed by atoms with Gasteiger partial charge in [0.1, 0.15) is 12.2 Å². The third-order valence-corrected chi connectivity index (χ3v) is 5.47. The number of carbonyl (C=O) groups excluding carboxylic acids is 1. The largest absolute Gasteiger partial charge is 0.433 e. The Balaban J connectivity index is 1.52. The van der Waals surface area contributed by atoms with Crippen molar-refractivity contribution in [1.82, 2.24) is 29.3 Å². The Bertz CT molecular complexity index is 1030. The molecule has 30 heavy (non-hydrogen) atoms. The Morgan fingerprint density at radius 1 is 1.23 bits per heavy atom. The van der Waals surface area contributed by atoms with Crippen molar-refractivity contribution in [3.8, 4) is 0 Å². The molecule has 0 radical (unpaired) electrons. The monoisotopic (exact) mass is 420 g/mol. The maximum absolute atomic E-state index is 13.6. The smallest absolute Gasteiger partial charge is 0.341 e. The van der Waals surface area contributed by atoms with Crippen molar-refractivity contribution in [1.29, 1.82) is 0 Å². The normalized spacial score (nSPS) is 16.0. The lowest BCUT2D eigenvalue weighted by atomic mass is 9.93. The highest BCUT2D eigenvalue weighted by Gasteiger charge is 2.36. The molecule has 4 rings (SSSR count). The van der Waals surface area contributed by atoms with E-state index in [0.717, 1.165) is 10.6 Å². The molecule has 160 valence electrons. The zero-order valence-corrected chi connectivity index (χ0v) is 16.8. The van der Waals surface area contributed by atoms with Crippen molar-refractivity contribution in [2.45, 2.75) is 51.2 Å². The summed E-state index contributed by atoms with van der Waals surface area (Å²) in [5.41, 5.74) is 0.378. The number of piperidine rings is 1. The van der Waals surface area contributed by atoms with Crippen LogP contribution in [0.3, 0.4) is 0 Å². The molecule has 0 spiro atoms. The summed E-state index contributed by atoms with van der Waals surface area (Å²) in [6.07, 6.45) is 0.130. The van der Waals surface area contributed by atoms with E-state index in [0.29, 0.717) is 37.3 Å². The van der Waals surface area contributed by atoms with Crippen molar-refractivity contribution in [2.75, 3.05) is 13.1 Å². The Morgan fingerprint density at radius 3 is 2.57 bits per heavy atom. The SMILES string of the molecule is CC(C)c1cc(C(F)(F)F)n2nc(C3CCN(C(=O)Cn4cccn4)CC3)cc2n1. The lowest BCUT2D eigenvalue weighted by Gasteiger charge is -2.31. The van der Waals surface area contributed by atoms with E-state index >= 15 is 0 Å². The number of likely N-dealkylation sites (tertiary alicyclic amines) is 1. The number of alkyl halides is 3. The molecule has 7 nitrogen and oxygen atoms in total. The Morgan fingerprint density at radius 2 is 1.97 bits per heavy atom. The topological polar surface area (TPSA) is 68.3 Å². The molecule has 0 atom stereocenters. The van der Waals surface area contributed by atoms with E-state index in [1.165, 1.54) is 0 Å². The van der Waals surface area contributed by atoms with Gasteiger partial charge in [0, 0.05) is 43.2 Å². The first-order valence-electron chi connectivity index (χ1n) is 9.95. The maximum Gasteiger partial charge on any atom is 0.433 e. The average Bonchev–Trinajstić information content (AvgIpc) is 3.35. The minimum Gasteiger partial charge on any atom is -0.341 e. The van der Waals surface area contributed by atoms with Gasteiger partial charge in [0.15, 0.2) is 5.65 Å². The molecule has 3 aromatic heterocycles. The van der Waals surface area contributed by atoms with Crippen molar-refractivity contribution >= 4 is 11.6 Å². The summed E-state index contributed by atoms with van der Waals surface area (Å²) in [4.78, 5) is 18.6. The molecule has 1 saturated heterocycles. The molecule has 0 aromatic carbocycles. The standard InChI is InChI=1S/C20H23F3N6O/c1-13(2)15-10-17(20(21,22)23)29-18(25-15)11-16(26-29)14-4-8-27(9-5-14)19(30)12-28-7-3-6-24-28/h3,6-7,10-11,13-14H,4-5,8-9,12H2,1-2H3. The summed E-state index contributed by atoms with van der Waals surface area (Å²) < 4.78 is 43.2. The van der Waals surface area contributed by atoms with Crippen LogP contribution in [0.5, 0.6) is 0 Å². The molecular formula is C20H23F3N6O. The van der Waals surface area contributed by atoms with Gasteiger partial charge in [-0.05, 0) is 30.9 Å². The summed E-state index contributed by atoms with van der Waals surface area (Å²) in [6, 6.07) is 4.48. The molecule has 0 saturated carbocycles. The number of aromatic nitrogens is 5. The molecule has 0 aliphatic carbocycles. The zero-order valence-electron chi connectivity index (χ0n) is 16.8. The molecule has 1 amide bonds. The zero-order chi connectivity index (χ0) is 21.5. The van der Waals surface area contributed by atoms with Gasteiger partial charge in [-0.25, -0.2) is 9.50 Å². The second-order valence-corrected chi connectivity index (χ2v) is 7.92. The van der Waals surface area contributed by atoms with Crippen molar-refractivity contribution < 1.29 is 18.0 Å². The van der Waals surface area contributed by atoms with Gasteiger partial charge >= 0.3 is 6.18 Å². The van der Waals surface area contributed by atoms with Crippen LogP contribution in [0.25, 0.3) is 5.65 Å². The number of nitrogens with zero attached hydrogens (tertiary/aromatic N) is 6. The van der Waals surface area contributed by atoms with Crippen LogP contribution in [0, 0.1) is 0 Å². The molecule has 10 heteroatoms. The van der Waals surface area contributed by atoms with Crippen molar-refractivity contribution in [3.63, 3.8) is 0 Å². The number of hydrogen-bond donors (Lipinski definition) is 0. The van der Waals surface area contributed by atoms with Crippen molar-refractivity contribution in [3.05, 3.63) is 47.7 Å². The Hall–Kier alpha value is -2.91. The van der Waals surface area contributed by atoms with Crippen LogP contribution in [0.4, 0.5) is 13.2 Å². The highest BCUT2D eigenvalue weighted by atomic mass is 19.4. The lowest BCUT2D eigenvalue weighted by Crippen LogP contribution is -2.39. The Labute approximate surface area is 171 Å². The highest BCUT2D eigenvalue weighted by molar-refractivity contribution is 5.76. The summed E-state index contributed by atoms with van der Waals surface area (Å²) >= 11 is 0. The Kier molecular flexibility index (Phi) is 5.25. The van der Waals surface area contributed by atoms with E-state index in [1.807, 2.05) is 13.8 Å². The van der Waals surface area contributed by atoms with E-state index < -0.39 is 11.9 Å². The fraction of sp³-hybridized carbons (Fsp3) is 0.500. The first-order chi connectivity index (χ1) is 14.2. The van der Waals surface area contributed by atoms with E-state index in [4.69, 9.17) is 0 Å². The first kappa shape index (κ1) is 20.4. The number of fused-ring (bicyclic) bond motifs is 1. The van der Waals surface area contributed by atoms with E-state index in [-0.39, 0.29) is 29.9 Å². The predicted octanol–water partition coefficient (Wildman–Crippen LogP) is 3.47. The van der Waals surface area contributed by atoms with Gasteiger partial charge in [0.2, 0.25) is 5.91 Å². The number of halogens is 3. The van der Waals surface area contributed by atoms with Gasteiger partial charge in [-0.15, -0.1) is 0 Å². The molecule has 0 N–H and O–H groups in total. The third-order valence-electron chi connectivity index (χ3n) is 5.47. The van der Waals surface area contributed by atoms with Crippen LogP contribution in [0.2, 0.25) is 0 Å². The second kappa shape index (κ2) is 7.73. The number of carbonyl (C=O) groups is 1. The highest BCUT2D eigenvalue weighted by Crippen LogP contribution is 2.33. The average molecular weight is 420 g/mol. The van der Waals surface area contributed by atoms with Gasteiger partial charge in [-0.3, -0.25) is 9.48 Å². The summed E-state index contributed by atoms with van der Waals surface area (Å²) in [5, 5.41) is 8.29. The molecule has 3 aromatic rings. The third kappa shape index (κ3) is 4.03. The first-order valence-corrected chi connectivity index (χ1v) is 9.95. The summed E-state index contributed by atoms with van der Waals surface area (Å²) in [5.74, 6) is -0.155. The van der Waals surface area contributed by atoms with Crippen LogP contribution in [-0.2, 0) is 17.5 Å².